The van der Waals surface area contributed by atoms with Gasteiger partial charge in [-0.1, -0.05) is 61.8 Å². The van der Waals surface area contributed by atoms with Gasteiger partial charge in [0.1, 0.15) is 0 Å². The molecule has 1 rings (SSSR count). The van der Waals surface area contributed by atoms with E-state index in [0.29, 0.717) is 5.41 Å². The lowest BCUT2D eigenvalue weighted by atomic mass is 9.70. The third-order valence-electron chi connectivity index (χ3n) is 4.14. The largest absolute Gasteiger partial charge is 0.303 e. The van der Waals surface area contributed by atoms with Gasteiger partial charge in [0.05, 0.1) is 0 Å². The van der Waals surface area contributed by atoms with Gasteiger partial charge in [0.15, 0.2) is 0 Å². The summed E-state index contributed by atoms with van der Waals surface area (Å²) in [5.74, 6) is 0. The van der Waals surface area contributed by atoms with Crippen molar-refractivity contribution < 1.29 is 0 Å². The maximum absolute atomic E-state index is 2.52. The van der Waals surface area contributed by atoms with Crippen LogP contribution in [0, 0.1) is 5.41 Å². The predicted molar refractivity (Wildman–Crippen MR) is 93.0 cm³/mol. The summed E-state index contributed by atoms with van der Waals surface area (Å²) < 4.78 is 0. The topological polar surface area (TPSA) is 3.24 Å². The van der Waals surface area contributed by atoms with Crippen LogP contribution >= 0.6 is 0 Å². The van der Waals surface area contributed by atoms with Crippen molar-refractivity contribution in [2.45, 2.75) is 100 Å². The van der Waals surface area contributed by atoms with E-state index in [1.54, 1.807) is 0 Å². The highest BCUT2D eigenvalue weighted by Crippen LogP contribution is 2.40. The molecule has 0 saturated carbocycles. The van der Waals surface area contributed by atoms with Gasteiger partial charge >= 0.3 is 0 Å². The molecule has 0 aromatic rings. The number of rotatable bonds is 2. The molecular formula is C18H43N. The van der Waals surface area contributed by atoms with Crippen molar-refractivity contribution in [3.63, 3.8) is 0 Å². The molecular weight excluding hydrogens is 230 g/mol. The molecule has 1 unspecified atom stereocenters. The fourth-order valence-corrected chi connectivity index (χ4v) is 2.74. The Kier molecular flexibility index (Phi) is 20.2. The predicted octanol–water partition coefficient (Wildman–Crippen LogP) is 6.38. The van der Waals surface area contributed by atoms with Crippen LogP contribution in [0.3, 0.4) is 0 Å². The highest BCUT2D eigenvalue weighted by atomic mass is 15.1. The van der Waals surface area contributed by atoms with E-state index in [1.165, 1.54) is 38.6 Å². The Hall–Kier alpha value is -0.0400. The normalized spacial score (nSPS) is 20.8. The fraction of sp³-hybridized carbons (Fsp3) is 1.00. The Labute approximate surface area is 125 Å². The standard InChI is InChI=1S/C11H23N.C3H8.2C2H6/c1-5-11(6-2)8-7-9-12(4)10(11)3;1-3-2;2*1-2/h10H,5-9H2,1-4H3;3H2,1-2H3;2*1-2H3. The van der Waals surface area contributed by atoms with E-state index in [4.69, 9.17) is 0 Å². The number of hydrogen-bond acceptors (Lipinski definition) is 1. The first-order chi connectivity index (χ1) is 9.07. The molecule has 0 aromatic carbocycles. The van der Waals surface area contributed by atoms with E-state index in [-0.39, 0.29) is 0 Å². The van der Waals surface area contributed by atoms with Crippen molar-refractivity contribution >= 4 is 0 Å². The summed E-state index contributed by atoms with van der Waals surface area (Å²) in [5.41, 5.74) is 0.618. The van der Waals surface area contributed by atoms with Crippen LogP contribution < -0.4 is 0 Å². The fourth-order valence-electron chi connectivity index (χ4n) is 2.74. The van der Waals surface area contributed by atoms with Crippen molar-refractivity contribution in [3.8, 4) is 0 Å². The van der Waals surface area contributed by atoms with E-state index in [2.05, 4.69) is 46.6 Å². The second-order valence-electron chi connectivity index (χ2n) is 5.04. The summed E-state index contributed by atoms with van der Waals surface area (Å²) in [4.78, 5) is 2.52. The Morgan fingerprint density at radius 3 is 1.58 bits per heavy atom. The maximum Gasteiger partial charge on any atom is 0.0120 e. The monoisotopic (exact) mass is 273 g/mol. The summed E-state index contributed by atoms with van der Waals surface area (Å²) in [6, 6.07) is 0.779. The summed E-state index contributed by atoms with van der Waals surface area (Å²) in [6.07, 6.45) is 6.76. The van der Waals surface area contributed by atoms with E-state index in [0.717, 1.165) is 6.04 Å². The minimum Gasteiger partial charge on any atom is -0.303 e. The first-order valence-corrected chi connectivity index (χ1v) is 8.78. The number of likely N-dealkylation sites (tertiary alicyclic amines) is 1. The van der Waals surface area contributed by atoms with Crippen LogP contribution in [-0.4, -0.2) is 24.5 Å². The second-order valence-corrected chi connectivity index (χ2v) is 5.04. The number of nitrogens with zero attached hydrogens (tertiary/aromatic N) is 1. The van der Waals surface area contributed by atoms with Crippen molar-refractivity contribution in [1.29, 1.82) is 0 Å². The quantitative estimate of drug-likeness (QED) is 0.564. The lowest BCUT2D eigenvalue weighted by molar-refractivity contribution is 0.0343. The van der Waals surface area contributed by atoms with Gasteiger partial charge < -0.3 is 4.90 Å². The Bertz CT molecular complexity index is 150. The van der Waals surface area contributed by atoms with Crippen LogP contribution in [0.5, 0.6) is 0 Å². The van der Waals surface area contributed by atoms with Gasteiger partial charge in [0.25, 0.3) is 0 Å². The van der Waals surface area contributed by atoms with Crippen molar-refractivity contribution in [1.82, 2.24) is 4.90 Å². The highest BCUT2D eigenvalue weighted by Gasteiger charge is 2.37. The van der Waals surface area contributed by atoms with Crippen LogP contribution in [0.2, 0.25) is 0 Å². The minimum atomic E-state index is 0.618. The smallest absolute Gasteiger partial charge is 0.0120 e. The third-order valence-corrected chi connectivity index (χ3v) is 4.14. The van der Waals surface area contributed by atoms with Crippen molar-refractivity contribution in [2.24, 2.45) is 5.41 Å². The Morgan fingerprint density at radius 1 is 0.947 bits per heavy atom. The molecule has 0 bridgehead atoms. The van der Waals surface area contributed by atoms with Gasteiger partial charge in [-0.3, -0.25) is 0 Å². The van der Waals surface area contributed by atoms with Gasteiger partial charge in [-0.05, 0) is 51.6 Å². The highest BCUT2D eigenvalue weighted by molar-refractivity contribution is 4.90. The van der Waals surface area contributed by atoms with Gasteiger partial charge in [0, 0.05) is 6.04 Å². The summed E-state index contributed by atoms with van der Waals surface area (Å²) in [7, 11) is 2.27. The van der Waals surface area contributed by atoms with E-state index in [1.807, 2.05) is 27.7 Å². The number of piperidine rings is 1. The van der Waals surface area contributed by atoms with Crippen molar-refractivity contribution in [3.05, 3.63) is 0 Å². The average molecular weight is 274 g/mol. The molecule has 1 aliphatic heterocycles. The third kappa shape index (κ3) is 8.68. The van der Waals surface area contributed by atoms with Gasteiger partial charge in [-0.25, -0.2) is 0 Å². The average Bonchev–Trinajstić information content (AvgIpc) is 2.47. The zero-order chi connectivity index (χ0) is 15.9. The van der Waals surface area contributed by atoms with E-state index in [9.17, 15) is 0 Å². The SMILES string of the molecule is CC.CC.CCC.CCC1(CC)CCCN(C)C1C. The van der Waals surface area contributed by atoms with Gasteiger partial charge in [0.2, 0.25) is 0 Å². The first-order valence-electron chi connectivity index (χ1n) is 8.78. The molecule has 1 nitrogen and oxygen atoms in total. The lowest BCUT2D eigenvalue weighted by Gasteiger charge is -2.47. The molecule has 120 valence electrons. The molecule has 1 saturated heterocycles. The first kappa shape index (κ1) is 24.0. The van der Waals surface area contributed by atoms with Crippen LogP contribution in [0.25, 0.3) is 0 Å². The molecule has 1 atom stereocenters. The molecule has 0 aliphatic carbocycles. The Morgan fingerprint density at radius 2 is 1.32 bits per heavy atom. The van der Waals surface area contributed by atoms with Crippen LogP contribution in [-0.2, 0) is 0 Å². The number of hydrogen-bond donors (Lipinski definition) is 0. The molecule has 1 heterocycles. The lowest BCUT2D eigenvalue weighted by Crippen LogP contribution is -2.48. The summed E-state index contributed by atoms with van der Waals surface area (Å²) in [5, 5.41) is 0. The summed E-state index contributed by atoms with van der Waals surface area (Å²) in [6.45, 7) is 20.6. The van der Waals surface area contributed by atoms with Crippen LogP contribution in [0.15, 0.2) is 0 Å². The minimum absolute atomic E-state index is 0.618. The van der Waals surface area contributed by atoms with E-state index < -0.39 is 0 Å². The van der Waals surface area contributed by atoms with Crippen LogP contribution in [0.4, 0.5) is 0 Å². The molecule has 1 aliphatic rings. The molecule has 0 radical (unpaired) electrons. The summed E-state index contributed by atoms with van der Waals surface area (Å²) >= 11 is 0. The zero-order valence-electron chi connectivity index (χ0n) is 15.8. The molecule has 0 amide bonds. The second kappa shape index (κ2) is 16.0. The molecule has 1 fully saturated rings. The molecule has 0 spiro atoms. The molecule has 1 heteroatoms. The molecule has 0 N–H and O–H groups in total. The van der Waals surface area contributed by atoms with Crippen LogP contribution in [0.1, 0.15) is 94.4 Å². The van der Waals surface area contributed by atoms with Crippen molar-refractivity contribution in [2.75, 3.05) is 13.6 Å². The zero-order valence-corrected chi connectivity index (χ0v) is 15.8. The molecule has 19 heavy (non-hydrogen) atoms. The Balaban J connectivity index is -0.000000313. The van der Waals surface area contributed by atoms with Gasteiger partial charge in [-0.2, -0.15) is 0 Å². The molecule has 0 aromatic heterocycles. The van der Waals surface area contributed by atoms with E-state index >= 15 is 0 Å². The maximum atomic E-state index is 2.52. The van der Waals surface area contributed by atoms with Gasteiger partial charge in [-0.15, -0.1) is 0 Å².